The van der Waals surface area contributed by atoms with Crippen molar-refractivity contribution in [1.29, 1.82) is 0 Å². The maximum absolute atomic E-state index is 13.6. The van der Waals surface area contributed by atoms with E-state index < -0.39 is 25.2 Å². The van der Waals surface area contributed by atoms with Gasteiger partial charge in [-0.25, -0.2) is 4.79 Å². The van der Waals surface area contributed by atoms with Gasteiger partial charge in [0, 0.05) is 10.6 Å². The maximum atomic E-state index is 13.6. The number of carbonyl (C=O) groups excluding carboxylic acids is 1. The Bertz CT molecular complexity index is 692. The molecule has 8 heteroatoms. The molecule has 0 radical (unpaired) electrons. The smallest absolute Gasteiger partial charge is 0.416 e. The first-order chi connectivity index (χ1) is 11.3. The Balaban J connectivity index is 2.68. The summed E-state index contributed by atoms with van der Waals surface area (Å²) in [5.74, 6) is -2.60. The Labute approximate surface area is 137 Å². The maximum Gasteiger partial charge on any atom is 0.416 e. The summed E-state index contributed by atoms with van der Waals surface area (Å²) in [6.45, 7) is 0. The van der Waals surface area contributed by atoms with Gasteiger partial charge in [0.2, 0.25) is 0 Å². The van der Waals surface area contributed by atoms with Crippen molar-refractivity contribution in [2.75, 3.05) is 7.11 Å². The predicted octanol–water partition coefficient (Wildman–Crippen LogP) is 3.24. The van der Waals surface area contributed by atoms with Crippen molar-refractivity contribution in [2.45, 2.75) is 12.0 Å². The molecule has 4 nitrogen and oxygen atoms in total. The molecule has 0 saturated heterocycles. The first kappa shape index (κ1) is 18.1. The van der Waals surface area contributed by atoms with Crippen LogP contribution < -0.4 is 15.9 Å². The second kappa shape index (κ2) is 7.09. The van der Waals surface area contributed by atoms with Gasteiger partial charge in [-0.3, -0.25) is 0 Å². The Morgan fingerprint density at radius 1 is 1.00 bits per heavy atom. The Morgan fingerprint density at radius 3 is 1.75 bits per heavy atom. The van der Waals surface area contributed by atoms with Crippen molar-refractivity contribution in [1.82, 2.24) is 5.32 Å². The molecule has 0 heterocycles. The molecule has 1 atom stereocenters. The minimum atomic E-state index is -4.94. The molecule has 0 saturated carbocycles. The molecule has 2 rings (SSSR count). The number of benzene rings is 2. The first-order valence-corrected chi connectivity index (χ1v) is 8.70. The third kappa shape index (κ3) is 3.62. The van der Waals surface area contributed by atoms with Crippen LogP contribution in [0.15, 0.2) is 60.7 Å². The zero-order chi connectivity index (χ0) is 17.8. The van der Waals surface area contributed by atoms with Gasteiger partial charge in [0.15, 0.2) is 12.9 Å². The lowest BCUT2D eigenvalue weighted by atomic mass is 10.4. The summed E-state index contributed by atoms with van der Waals surface area (Å²) in [5, 5.41) is 1.69. The van der Waals surface area contributed by atoms with Crippen LogP contribution in [-0.2, 0) is 9.30 Å². The SMILES string of the molecule is COC(=O)NC(C(F)(F)F)P(=O)(c1ccccc1)c1ccccc1. The summed E-state index contributed by atoms with van der Waals surface area (Å²) in [7, 11) is -3.32. The van der Waals surface area contributed by atoms with E-state index in [1.165, 1.54) is 48.5 Å². The zero-order valence-corrected chi connectivity index (χ0v) is 13.6. The molecule has 0 bridgehead atoms. The molecule has 128 valence electrons. The molecule has 1 N–H and O–H groups in total. The van der Waals surface area contributed by atoms with Crippen molar-refractivity contribution in [2.24, 2.45) is 0 Å². The molecule has 2 aromatic carbocycles. The van der Waals surface area contributed by atoms with E-state index in [2.05, 4.69) is 4.74 Å². The van der Waals surface area contributed by atoms with Crippen LogP contribution in [-0.4, -0.2) is 25.2 Å². The fraction of sp³-hybridized carbons (Fsp3) is 0.188. The van der Waals surface area contributed by atoms with E-state index >= 15 is 0 Å². The highest BCUT2D eigenvalue weighted by molar-refractivity contribution is 7.79. The van der Waals surface area contributed by atoms with Crippen LogP contribution in [0.1, 0.15) is 0 Å². The number of amides is 1. The molecule has 0 spiro atoms. The summed E-state index contributed by atoms with van der Waals surface area (Å²) in [6, 6.07) is 14.6. The lowest BCUT2D eigenvalue weighted by molar-refractivity contribution is -0.135. The number of ether oxygens (including phenoxy) is 1. The lowest BCUT2D eigenvalue weighted by Gasteiger charge is -2.30. The van der Waals surface area contributed by atoms with Crippen LogP contribution in [0.4, 0.5) is 18.0 Å². The molecular formula is C16H15F3NO3P. The summed E-state index contributed by atoms with van der Waals surface area (Å²) < 4.78 is 58.8. The minimum Gasteiger partial charge on any atom is -0.453 e. The Hall–Kier alpha value is -2.27. The molecule has 0 aliphatic heterocycles. The second-order valence-electron chi connectivity index (χ2n) is 4.91. The van der Waals surface area contributed by atoms with Crippen LogP contribution in [0, 0.1) is 0 Å². The van der Waals surface area contributed by atoms with Gasteiger partial charge >= 0.3 is 12.3 Å². The van der Waals surface area contributed by atoms with Gasteiger partial charge in [-0.2, -0.15) is 13.2 Å². The Kier molecular flexibility index (Phi) is 5.34. The standard InChI is InChI=1S/C16H15F3NO3P/c1-23-15(21)20-14(16(17,18)19)24(22,12-8-4-2-5-9-12)13-10-6-3-7-11-13/h2-11,14H,1H3,(H,20,21). The number of hydrogen-bond acceptors (Lipinski definition) is 3. The lowest BCUT2D eigenvalue weighted by Crippen LogP contribution is -2.49. The van der Waals surface area contributed by atoms with Gasteiger partial charge in [0.25, 0.3) is 0 Å². The van der Waals surface area contributed by atoms with E-state index in [0.29, 0.717) is 0 Å². The normalized spacial score (nSPS) is 13.2. The molecule has 0 aliphatic rings. The number of hydrogen-bond donors (Lipinski definition) is 1. The van der Waals surface area contributed by atoms with Crippen LogP contribution in [0.25, 0.3) is 0 Å². The topological polar surface area (TPSA) is 55.4 Å². The van der Waals surface area contributed by atoms with Crippen LogP contribution in [0.2, 0.25) is 0 Å². The first-order valence-electron chi connectivity index (χ1n) is 6.92. The number of nitrogens with one attached hydrogen (secondary N) is 1. The number of methoxy groups -OCH3 is 1. The third-order valence-corrected chi connectivity index (χ3v) is 6.67. The van der Waals surface area contributed by atoms with E-state index in [-0.39, 0.29) is 10.6 Å². The molecule has 2 aromatic rings. The highest BCUT2D eigenvalue weighted by Crippen LogP contribution is 2.53. The fourth-order valence-corrected chi connectivity index (χ4v) is 5.12. The van der Waals surface area contributed by atoms with Crippen molar-refractivity contribution in [3.05, 3.63) is 60.7 Å². The van der Waals surface area contributed by atoms with Gasteiger partial charge in [-0.1, -0.05) is 60.7 Å². The van der Waals surface area contributed by atoms with Crippen LogP contribution in [0.3, 0.4) is 0 Å². The highest BCUT2D eigenvalue weighted by atomic mass is 31.2. The highest BCUT2D eigenvalue weighted by Gasteiger charge is 2.54. The van der Waals surface area contributed by atoms with Crippen molar-refractivity contribution in [3.63, 3.8) is 0 Å². The minimum absolute atomic E-state index is 0.00470. The predicted molar refractivity (Wildman–Crippen MR) is 85.1 cm³/mol. The van der Waals surface area contributed by atoms with E-state index in [1.807, 2.05) is 0 Å². The van der Waals surface area contributed by atoms with E-state index in [4.69, 9.17) is 0 Å². The monoisotopic (exact) mass is 357 g/mol. The molecule has 1 amide bonds. The van der Waals surface area contributed by atoms with Crippen LogP contribution in [0.5, 0.6) is 0 Å². The molecule has 1 unspecified atom stereocenters. The van der Waals surface area contributed by atoms with Crippen molar-refractivity contribution >= 4 is 23.8 Å². The summed E-state index contributed by atoms with van der Waals surface area (Å²) >= 11 is 0. The van der Waals surface area contributed by atoms with Gasteiger partial charge in [-0.05, 0) is 0 Å². The molecule has 0 aromatic heterocycles. The summed E-state index contributed by atoms with van der Waals surface area (Å²) in [4.78, 5) is 11.4. The van der Waals surface area contributed by atoms with Gasteiger partial charge in [0.1, 0.15) is 0 Å². The largest absolute Gasteiger partial charge is 0.453 e. The van der Waals surface area contributed by atoms with Crippen molar-refractivity contribution in [3.8, 4) is 0 Å². The van der Waals surface area contributed by atoms with Gasteiger partial charge in [0.05, 0.1) is 7.11 Å². The average Bonchev–Trinajstić information content (AvgIpc) is 2.59. The van der Waals surface area contributed by atoms with E-state index in [1.54, 1.807) is 17.4 Å². The van der Waals surface area contributed by atoms with Crippen molar-refractivity contribution < 1.29 is 27.3 Å². The Morgan fingerprint density at radius 2 is 1.42 bits per heavy atom. The molecule has 0 fully saturated rings. The van der Waals surface area contributed by atoms with Crippen LogP contribution >= 0.6 is 7.14 Å². The van der Waals surface area contributed by atoms with Gasteiger partial charge in [-0.15, -0.1) is 0 Å². The fourth-order valence-electron chi connectivity index (χ4n) is 2.30. The second-order valence-corrected chi connectivity index (χ2v) is 7.77. The number of alkyl halides is 3. The zero-order valence-electron chi connectivity index (χ0n) is 12.7. The number of rotatable bonds is 4. The number of carbonyl (C=O) groups is 1. The molecule has 0 aliphatic carbocycles. The average molecular weight is 357 g/mol. The van der Waals surface area contributed by atoms with E-state index in [9.17, 15) is 22.5 Å². The number of halogens is 3. The van der Waals surface area contributed by atoms with E-state index in [0.717, 1.165) is 7.11 Å². The molecular weight excluding hydrogens is 342 g/mol. The third-order valence-electron chi connectivity index (χ3n) is 3.39. The summed E-state index contributed by atoms with van der Waals surface area (Å²) in [5.41, 5.74) is 0. The summed E-state index contributed by atoms with van der Waals surface area (Å²) in [6.07, 6.45) is -6.24. The van der Waals surface area contributed by atoms with Gasteiger partial charge < -0.3 is 14.6 Å². The quantitative estimate of drug-likeness (QED) is 0.855. The number of alkyl carbamates (subject to hydrolysis) is 1. The molecule has 24 heavy (non-hydrogen) atoms.